The van der Waals surface area contributed by atoms with Crippen LogP contribution in [-0.2, 0) is 22.4 Å². The lowest BCUT2D eigenvalue weighted by Gasteiger charge is -2.22. The summed E-state index contributed by atoms with van der Waals surface area (Å²) in [7, 11) is 3.90. The second-order valence-corrected chi connectivity index (χ2v) is 9.30. The highest BCUT2D eigenvalue weighted by molar-refractivity contribution is 6.05. The quantitative estimate of drug-likeness (QED) is 0.417. The molecule has 3 N–H and O–H groups in total. The Morgan fingerprint density at radius 2 is 1.66 bits per heavy atom. The first kappa shape index (κ1) is 26.8. The molecule has 38 heavy (non-hydrogen) atoms. The minimum absolute atomic E-state index is 0.153. The van der Waals surface area contributed by atoms with Crippen LogP contribution in [0, 0.1) is 0 Å². The van der Waals surface area contributed by atoms with Gasteiger partial charge in [0.25, 0.3) is 5.91 Å². The molecular formula is C29H33N5O4. The average Bonchev–Trinajstić information content (AvgIpc) is 3.35. The van der Waals surface area contributed by atoms with Crippen LogP contribution in [0.5, 0.6) is 0 Å². The molecule has 9 heteroatoms. The van der Waals surface area contributed by atoms with Gasteiger partial charge in [0.15, 0.2) is 0 Å². The second kappa shape index (κ2) is 12.8. The lowest BCUT2D eigenvalue weighted by Crippen LogP contribution is -2.35. The SMILES string of the molecule is CN(C)CCN(Cc1ccc(C(=O)Nc2ccccc2N)cc1)C(=O)N=C1COC(Cc2ccccc2)O1. The van der Waals surface area contributed by atoms with Crippen LogP contribution in [0.4, 0.5) is 16.2 Å². The molecule has 4 rings (SSSR count). The van der Waals surface area contributed by atoms with Crippen molar-refractivity contribution >= 4 is 29.2 Å². The largest absolute Gasteiger partial charge is 0.449 e. The van der Waals surface area contributed by atoms with Crippen molar-refractivity contribution in [3.8, 4) is 0 Å². The predicted octanol–water partition coefficient (Wildman–Crippen LogP) is 4.02. The van der Waals surface area contributed by atoms with Crippen LogP contribution < -0.4 is 11.1 Å². The molecule has 198 valence electrons. The lowest BCUT2D eigenvalue weighted by atomic mass is 10.1. The molecule has 0 aromatic heterocycles. The molecule has 1 aliphatic heterocycles. The van der Waals surface area contributed by atoms with Crippen LogP contribution in [0.2, 0.25) is 0 Å². The number of amides is 3. The van der Waals surface area contributed by atoms with Gasteiger partial charge in [0.05, 0.1) is 11.4 Å². The molecule has 0 aliphatic carbocycles. The van der Waals surface area contributed by atoms with Crippen LogP contribution in [0.1, 0.15) is 21.5 Å². The van der Waals surface area contributed by atoms with Crippen molar-refractivity contribution in [2.45, 2.75) is 19.3 Å². The van der Waals surface area contributed by atoms with Crippen molar-refractivity contribution in [2.75, 3.05) is 44.8 Å². The van der Waals surface area contributed by atoms with Gasteiger partial charge in [-0.3, -0.25) is 4.79 Å². The third kappa shape index (κ3) is 7.64. The highest BCUT2D eigenvalue weighted by Gasteiger charge is 2.25. The Kier molecular flexibility index (Phi) is 9.07. The molecule has 1 heterocycles. The van der Waals surface area contributed by atoms with Gasteiger partial charge in [0.2, 0.25) is 12.2 Å². The highest BCUT2D eigenvalue weighted by Crippen LogP contribution is 2.19. The molecule has 1 saturated heterocycles. The maximum absolute atomic E-state index is 13.1. The first-order chi connectivity index (χ1) is 18.4. The van der Waals surface area contributed by atoms with Gasteiger partial charge in [-0.2, -0.15) is 4.99 Å². The minimum Gasteiger partial charge on any atom is -0.449 e. The Balaban J connectivity index is 1.38. The Morgan fingerprint density at radius 3 is 2.37 bits per heavy atom. The molecule has 3 aromatic carbocycles. The fraction of sp³-hybridized carbons (Fsp3) is 0.276. The zero-order chi connectivity index (χ0) is 26.9. The number of carbonyl (C=O) groups is 2. The fourth-order valence-corrected chi connectivity index (χ4v) is 3.88. The number of likely N-dealkylation sites (N-methyl/N-ethyl adjacent to an activating group) is 1. The summed E-state index contributed by atoms with van der Waals surface area (Å²) < 4.78 is 11.5. The Bertz CT molecular complexity index is 1260. The van der Waals surface area contributed by atoms with Crippen molar-refractivity contribution < 1.29 is 19.1 Å². The zero-order valence-electron chi connectivity index (χ0n) is 21.7. The predicted molar refractivity (Wildman–Crippen MR) is 148 cm³/mol. The van der Waals surface area contributed by atoms with Gasteiger partial charge in [0, 0.05) is 31.6 Å². The highest BCUT2D eigenvalue weighted by atomic mass is 16.7. The number of anilines is 2. The molecule has 0 bridgehead atoms. The van der Waals surface area contributed by atoms with E-state index in [0.717, 1.165) is 11.1 Å². The molecule has 0 radical (unpaired) electrons. The Hall–Kier alpha value is -4.21. The maximum atomic E-state index is 13.1. The fourth-order valence-electron chi connectivity index (χ4n) is 3.88. The van der Waals surface area contributed by atoms with E-state index < -0.39 is 12.3 Å². The van der Waals surface area contributed by atoms with E-state index in [0.29, 0.717) is 43.0 Å². The Labute approximate surface area is 222 Å². The molecule has 1 fully saturated rings. The topological polar surface area (TPSA) is 109 Å². The molecule has 1 atom stereocenters. The van der Waals surface area contributed by atoms with Crippen molar-refractivity contribution in [3.05, 3.63) is 95.6 Å². The van der Waals surface area contributed by atoms with E-state index >= 15 is 0 Å². The normalized spacial score (nSPS) is 15.9. The number of nitrogens with zero attached hydrogens (tertiary/aromatic N) is 3. The van der Waals surface area contributed by atoms with Crippen molar-refractivity contribution in [1.29, 1.82) is 0 Å². The van der Waals surface area contributed by atoms with Gasteiger partial charge in [-0.25, -0.2) is 4.79 Å². The summed E-state index contributed by atoms with van der Waals surface area (Å²) in [4.78, 5) is 33.6. The van der Waals surface area contributed by atoms with E-state index in [1.807, 2.05) is 73.6 Å². The number of nitrogens with one attached hydrogen (secondary N) is 1. The molecule has 9 nitrogen and oxygen atoms in total. The number of nitrogens with two attached hydrogens (primary N) is 1. The molecule has 3 aromatic rings. The summed E-state index contributed by atoms with van der Waals surface area (Å²) in [5, 5.41) is 2.82. The summed E-state index contributed by atoms with van der Waals surface area (Å²) >= 11 is 0. The molecule has 0 spiro atoms. The third-order valence-electron chi connectivity index (χ3n) is 6.01. The van der Waals surface area contributed by atoms with E-state index in [9.17, 15) is 9.59 Å². The van der Waals surface area contributed by atoms with E-state index in [2.05, 4.69) is 10.3 Å². The number of carbonyl (C=O) groups excluding carboxylic acids is 2. The first-order valence-corrected chi connectivity index (χ1v) is 12.5. The third-order valence-corrected chi connectivity index (χ3v) is 6.01. The summed E-state index contributed by atoms with van der Waals surface area (Å²) in [6.07, 6.45) is 0.110. The number of hydrogen-bond acceptors (Lipinski definition) is 6. The summed E-state index contributed by atoms with van der Waals surface area (Å²) in [6, 6.07) is 23.7. The zero-order valence-corrected chi connectivity index (χ0v) is 21.7. The second-order valence-electron chi connectivity index (χ2n) is 9.30. The average molecular weight is 516 g/mol. The van der Waals surface area contributed by atoms with Gasteiger partial charge in [-0.15, -0.1) is 0 Å². The van der Waals surface area contributed by atoms with E-state index in [-0.39, 0.29) is 18.4 Å². The van der Waals surface area contributed by atoms with Crippen LogP contribution in [-0.4, -0.2) is 67.7 Å². The van der Waals surface area contributed by atoms with E-state index in [1.54, 1.807) is 29.2 Å². The lowest BCUT2D eigenvalue weighted by molar-refractivity contribution is -0.0209. The Morgan fingerprint density at radius 1 is 0.947 bits per heavy atom. The standard InChI is InChI=1S/C29H33N5O4/c1-33(2)16-17-34(29(36)32-26-20-37-27(38-26)18-21-8-4-3-5-9-21)19-22-12-14-23(15-13-22)28(35)31-25-11-7-6-10-24(25)30/h3-15,27H,16-20,30H2,1-2H3,(H,31,35). The van der Waals surface area contributed by atoms with E-state index in [4.69, 9.17) is 15.2 Å². The summed E-state index contributed by atoms with van der Waals surface area (Å²) in [6.45, 7) is 1.64. The monoisotopic (exact) mass is 515 g/mol. The molecular weight excluding hydrogens is 482 g/mol. The smallest absolute Gasteiger partial charge is 0.346 e. The van der Waals surface area contributed by atoms with Crippen molar-refractivity contribution in [3.63, 3.8) is 0 Å². The number of para-hydroxylation sites is 2. The number of ether oxygens (including phenoxy) is 2. The van der Waals surface area contributed by atoms with Crippen molar-refractivity contribution in [2.24, 2.45) is 4.99 Å². The maximum Gasteiger partial charge on any atom is 0.346 e. The summed E-state index contributed by atoms with van der Waals surface area (Å²) in [5.74, 6) is 0.0165. The number of nitrogen functional groups attached to an aromatic ring is 1. The van der Waals surface area contributed by atoms with Crippen LogP contribution >= 0.6 is 0 Å². The molecule has 3 amide bonds. The van der Waals surface area contributed by atoms with E-state index in [1.165, 1.54) is 0 Å². The number of hydrogen-bond donors (Lipinski definition) is 2. The van der Waals surface area contributed by atoms with Crippen LogP contribution in [0.15, 0.2) is 83.9 Å². The first-order valence-electron chi connectivity index (χ1n) is 12.5. The molecule has 1 aliphatic rings. The van der Waals surface area contributed by atoms with Crippen LogP contribution in [0.3, 0.4) is 0 Å². The molecule has 1 unspecified atom stereocenters. The molecule has 0 saturated carbocycles. The van der Waals surface area contributed by atoms with Gasteiger partial charge in [-0.1, -0.05) is 54.6 Å². The number of benzene rings is 3. The van der Waals surface area contributed by atoms with Crippen LogP contribution in [0.25, 0.3) is 0 Å². The van der Waals surface area contributed by atoms with Gasteiger partial charge in [-0.05, 0) is 49.5 Å². The van der Waals surface area contributed by atoms with Gasteiger partial charge in [0.1, 0.15) is 6.61 Å². The minimum atomic E-state index is -0.468. The van der Waals surface area contributed by atoms with Gasteiger partial charge >= 0.3 is 6.03 Å². The van der Waals surface area contributed by atoms with Crippen molar-refractivity contribution in [1.82, 2.24) is 9.80 Å². The summed E-state index contributed by atoms with van der Waals surface area (Å²) in [5.41, 5.74) is 9.43. The van der Waals surface area contributed by atoms with Gasteiger partial charge < -0.3 is 30.3 Å². The number of aliphatic imine (C=N–C) groups is 1. The number of urea groups is 1. The number of rotatable bonds is 9.